The standard InChI is InChI=1S/C18H15N3S2/c19-14-22-12-13-23-17-5-3-15(4-6-17)18-2-1-11-21(18)16-7-9-20-10-8-16/h1-11H,12-13H2. The lowest BCUT2D eigenvalue weighted by Gasteiger charge is -2.10. The van der Waals surface area contributed by atoms with E-state index in [1.807, 2.05) is 12.1 Å². The largest absolute Gasteiger partial charge is 0.316 e. The summed E-state index contributed by atoms with van der Waals surface area (Å²) in [4.78, 5) is 5.30. The van der Waals surface area contributed by atoms with E-state index in [1.165, 1.54) is 22.2 Å². The molecular formula is C18H15N3S2. The van der Waals surface area contributed by atoms with Gasteiger partial charge in [-0.3, -0.25) is 4.98 Å². The van der Waals surface area contributed by atoms with Crippen molar-refractivity contribution in [3.63, 3.8) is 0 Å². The number of nitriles is 1. The van der Waals surface area contributed by atoms with Crippen molar-refractivity contribution >= 4 is 23.5 Å². The summed E-state index contributed by atoms with van der Waals surface area (Å²) < 4.78 is 2.16. The number of aromatic nitrogens is 2. The second-order valence-corrected chi connectivity index (χ2v) is 6.83. The van der Waals surface area contributed by atoms with E-state index in [9.17, 15) is 0 Å². The Morgan fingerprint density at radius 3 is 2.52 bits per heavy atom. The topological polar surface area (TPSA) is 41.6 Å². The lowest BCUT2D eigenvalue weighted by molar-refractivity contribution is 1.07. The van der Waals surface area contributed by atoms with Gasteiger partial charge in [-0.05, 0) is 53.7 Å². The molecule has 0 aliphatic carbocycles. The first-order chi connectivity index (χ1) is 11.4. The summed E-state index contributed by atoms with van der Waals surface area (Å²) in [6, 6.07) is 16.7. The number of pyridine rings is 1. The highest BCUT2D eigenvalue weighted by atomic mass is 32.2. The van der Waals surface area contributed by atoms with E-state index >= 15 is 0 Å². The molecular weight excluding hydrogens is 322 g/mol. The van der Waals surface area contributed by atoms with Gasteiger partial charge in [0.05, 0.1) is 5.69 Å². The molecule has 0 radical (unpaired) electrons. The Hall–Kier alpha value is -2.16. The highest BCUT2D eigenvalue weighted by Gasteiger charge is 2.06. The number of thioether (sulfide) groups is 2. The highest BCUT2D eigenvalue weighted by Crippen LogP contribution is 2.27. The average Bonchev–Trinajstić information content (AvgIpc) is 3.10. The number of nitrogens with zero attached hydrogens (tertiary/aromatic N) is 3. The third kappa shape index (κ3) is 3.98. The van der Waals surface area contributed by atoms with Crippen LogP contribution < -0.4 is 0 Å². The van der Waals surface area contributed by atoms with Crippen LogP contribution in [0, 0.1) is 10.7 Å². The highest BCUT2D eigenvalue weighted by molar-refractivity contribution is 8.05. The smallest absolute Gasteiger partial charge is 0.133 e. The summed E-state index contributed by atoms with van der Waals surface area (Å²) in [7, 11) is 0. The number of rotatable bonds is 6. The molecule has 0 amide bonds. The van der Waals surface area contributed by atoms with E-state index in [2.05, 4.69) is 57.5 Å². The molecule has 3 aromatic rings. The fourth-order valence-electron chi connectivity index (χ4n) is 2.31. The van der Waals surface area contributed by atoms with Crippen LogP contribution in [0.15, 0.2) is 72.0 Å². The average molecular weight is 337 g/mol. The molecule has 2 aromatic heterocycles. The maximum absolute atomic E-state index is 8.52. The molecule has 0 unspecified atom stereocenters. The van der Waals surface area contributed by atoms with Crippen molar-refractivity contribution in [1.82, 2.24) is 9.55 Å². The fraction of sp³-hybridized carbons (Fsp3) is 0.111. The predicted molar refractivity (Wildman–Crippen MR) is 97.8 cm³/mol. The first kappa shape index (κ1) is 15.7. The predicted octanol–water partition coefficient (Wildman–Crippen LogP) is 4.85. The lowest BCUT2D eigenvalue weighted by atomic mass is 10.1. The molecule has 23 heavy (non-hydrogen) atoms. The molecule has 0 bridgehead atoms. The van der Waals surface area contributed by atoms with Gasteiger partial charge in [0.15, 0.2) is 0 Å². The second-order valence-electron chi connectivity index (χ2n) is 4.78. The number of benzene rings is 1. The van der Waals surface area contributed by atoms with Crippen molar-refractivity contribution < 1.29 is 0 Å². The van der Waals surface area contributed by atoms with Gasteiger partial charge in [0.2, 0.25) is 0 Å². The fourth-order valence-corrected chi connectivity index (χ4v) is 3.64. The van der Waals surface area contributed by atoms with E-state index in [0.717, 1.165) is 22.9 Å². The van der Waals surface area contributed by atoms with Gasteiger partial charge in [0, 0.05) is 40.7 Å². The van der Waals surface area contributed by atoms with Gasteiger partial charge < -0.3 is 4.57 Å². The monoisotopic (exact) mass is 337 g/mol. The van der Waals surface area contributed by atoms with Crippen molar-refractivity contribution in [2.45, 2.75) is 4.90 Å². The summed E-state index contributed by atoms with van der Waals surface area (Å²) in [5.41, 5.74) is 3.45. The first-order valence-corrected chi connectivity index (χ1v) is 9.17. The Bertz CT molecular complexity index is 789. The van der Waals surface area contributed by atoms with E-state index in [4.69, 9.17) is 5.26 Å². The van der Waals surface area contributed by atoms with Crippen molar-refractivity contribution in [1.29, 1.82) is 5.26 Å². The normalized spacial score (nSPS) is 10.4. The molecule has 1 aromatic carbocycles. The third-order valence-electron chi connectivity index (χ3n) is 3.36. The van der Waals surface area contributed by atoms with Gasteiger partial charge >= 0.3 is 0 Å². The molecule has 0 aliphatic heterocycles. The quantitative estimate of drug-likeness (QED) is 0.366. The van der Waals surface area contributed by atoms with Gasteiger partial charge in [0.25, 0.3) is 0 Å². The van der Waals surface area contributed by atoms with Crippen LogP contribution in [0.1, 0.15) is 0 Å². The van der Waals surface area contributed by atoms with E-state index in [1.54, 1.807) is 24.2 Å². The molecule has 0 spiro atoms. The SMILES string of the molecule is N#CSCCSc1ccc(-c2cccn2-c2ccncc2)cc1. The summed E-state index contributed by atoms with van der Waals surface area (Å²) in [6.07, 6.45) is 5.67. The Kier molecular flexibility index (Phi) is 5.41. The summed E-state index contributed by atoms with van der Waals surface area (Å²) >= 11 is 3.08. The zero-order valence-electron chi connectivity index (χ0n) is 12.4. The molecule has 0 atom stereocenters. The minimum Gasteiger partial charge on any atom is -0.316 e. The summed E-state index contributed by atoms with van der Waals surface area (Å²) in [5, 5.41) is 10.6. The van der Waals surface area contributed by atoms with Crippen LogP contribution in [0.5, 0.6) is 0 Å². The van der Waals surface area contributed by atoms with E-state index < -0.39 is 0 Å². The zero-order valence-corrected chi connectivity index (χ0v) is 14.1. The zero-order chi connectivity index (χ0) is 15.9. The van der Waals surface area contributed by atoms with Crippen LogP contribution in [0.3, 0.4) is 0 Å². The number of hydrogen-bond acceptors (Lipinski definition) is 4. The van der Waals surface area contributed by atoms with Crippen LogP contribution >= 0.6 is 23.5 Å². The van der Waals surface area contributed by atoms with E-state index in [0.29, 0.717) is 0 Å². The summed E-state index contributed by atoms with van der Waals surface area (Å²) in [5.74, 6) is 1.80. The minimum atomic E-state index is 0.855. The van der Waals surface area contributed by atoms with Gasteiger partial charge in [-0.25, -0.2) is 0 Å². The molecule has 0 aliphatic rings. The van der Waals surface area contributed by atoms with Gasteiger partial charge in [-0.2, -0.15) is 5.26 Å². The van der Waals surface area contributed by atoms with Gasteiger partial charge in [0.1, 0.15) is 5.40 Å². The molecule has 0 N–H and O–H groups in total. The van der Waals surface area contributed by atoms with Crippen molar-refractivity contribution in [3.8, 4) is 22.3 Å². The Balaban J connectivity index is 1.76. The van der Waals surface area contributed by atoms with Crippen LogP contribution in [-0.4, -0.2) is 21.1 Å². The summed E-state index contributed by atoms with van der Waals surface area (Å²) in [6.45, 7) is 0. The molecule has 114 valence electrons. The molecule has 5 heteroatoms. The maximum atomic E-state index is 8.52. The van der Waals surface area contributed by atoms with Crippen LogP contribution in [-0.2, 0) is 0 Å². The van der Waals surface area contributed by atoms with Gasteiger partial charge in [-0.15, -0.1) is 11.8 Å². The molecule has 3 nitrogen and oxygen atoms in total. The Morgan fingerprint density at radius 2 is 1.78 bits per heavy atom. The first-order valence-electron chi connectivity index (χ1n) is 7.20. The molecule has 2 heterocycles. The van der Waals surface area contributed by atoms with E-state index in [-0.39, 0.29) is 0 Å². The number of thiocyanates is 1. The van der Waals surface area contributed by atoms with Gasteiger partial charge in [-0.1, -0.05) is 12.1 Å². The Labute approximate surface area is 144 Å². The molecule has 3 rings (SSSR count). The lowest BCUT2D eigenvalue weighted by Crippen LogP contribution is -1.95. The van der Waals surface area contributed by atoms with Crippen LogP contribution in [0.4, 0.5) is 0 Å². The van der Waals surface area contributed by atoms with Crippen LogP contribution in [0.25, 0.3) is 16.9 Å². The minimum absolute atomic E-state index is 0.855. The van der Waals surface area contributed by atoms with Crippen molar-refractivity contribution in [2.75, 3.05) is 11.5 Å². The third-order valence-corrected chi connectivity index (χ3v) is 5.17. The Morgan fingerprint density at radius 1 is 1.00 bits per heavy atom. The van der Waals surface area contributed by atoms with Crippen molar-refractivity contribution in [2.24, 2.45) is 0 Å². The van der Waals surface area contributed by atoms with Crippen molar-refractivity contribution in [3.05, 3.63) is 67.1 Å². The molecule has 0 saturated heterocycles. The molecule has 0 fully saturated rings. The maximum Gasteiger partial charge on any atom is 0.133 e. The number of hydrogen-bond donors (Lipinski definition) is 0. The molecule has 0 saturated carbocycles. The second kappa shape index (κ2) is 7.91. The van der Waals surface area contributed by atoms with Crippen LogP contribution in [0.2, 0.25) is 0 Å².